The largest absolute Gasteiger partial charge is 0.475 e. The monoisotopic (exact) mass is 276 g/mol. The molecule has 0 radical (unpaired) electrons. The molecule has 0 spiro atoms. The van der Waals surface area contributed by atoms with Crippen molar-refractivity contribution in [3.63, 3.8) is 0 Å². The number of nitro groups is 1. The van der Waals surface area contributed by atoms with Crippen LogP contribution in [0.25, 0.3) is 0 Å². The summed E-state index contributed by atoms with van der Waals surface area (Å²) in [6.45, 7) is 7.15. The summed E-state index contributed by atoms with van der Waals surface area (Å²) in [6, 6.07) is 0.953. The second kappa shape index (κ2) is 5.96. The molecule has 1 aromatic rings. The molecule has 0 fully saturated rings. The van der Waals surface area contributed by atoms with Crippen molar-refractivity contribution in [2.75, 3.05) is 13.6 Å². The van der Waals surface area contributed by atoms with Gasteiger partial charge in [0.15, 0.2) is 0 Å². The Kier molecular flexibility index (Phi) is 3.48. The molecule has 0 saturated heterocycles. The average molecular weight is 276 g/mol. The summed E-state index contributed by atoms with van der Waals surface area (Å²) in [7, 11) is -4.00. The SMILES string of the molecule is [2H]C([2H])([2H])Oc1nn(COCC[Si](C)(C)C)cc1[N+](=O)[O-]. The van der Waals surface area contributed by atoms with E-state index in [-0.39, 0.29) is 6.73 Å². The molecular weight excluding hydrogens is 254 g/mol. The molecule has 0 aliphatic rings. The fourth-order valence-electron chi connectivity index (χ4n) is 1.19. The van der Waals surface area contributed by atoms with Crippen molar-refractivity contribution in [3.8, 4) is 5.88 Å². The predicted molar refractivity (Wildman–Crippen MR) is 69.5 cm³/mol. The summed E-state index contributed by atoms with van der Waals surface area (Å²) in [5, 5.41) is 14.6. The molecule has 0 amide bonds. The summed E-state index contributed by atoms with van der Waals surface area (Å²) in [6.07, 6.45) is 1.09. The average Bonchev–Trinajstić information content (AvgIpc) is 2.64. The number of ether oxygens (including phenoxy) is 2. The van der Waals surface area contributed by atoms with Crippen LogP contribution in [0.3, 0.4) is 0 Å². The zero-order valence-electron chi connectivity index (χ0n) is 13.7. The summed E-state index contributed by atoms with van der Waals surface area (Å²) in [4.78, 5) is 10.1. The number of aromatic nitrogens is 2. The van der Waals surface area contributed by atoms with Crippen molar-refractivity contribution in [3.05, 3.63) is 16.3 Å². The number of methoxy groups -OCH3 is 1. The van der Waals surface area contributed by atoms with Gasteiger partial charge in [-0.3, -0.25) is 10.1 Å². The molecule has 0 saturated carbocycles. The molecule has 8 heteroatoms. The standard InChI is InChI=1S/C10H19N3O4Si/c1-16-10-9(13(14)15)7-12(11-10)8-17-5-6-18(2,3)4/h7H,5-6,8H2,1-4H3/i1D3. The Morgan fingerprint density at radius 2 is 2.33 bits per heavy atom. The van der Waals surface area contributed by atoms with E-state index in [0.717, 1.165) is 16.9 Å². The zero-order chi connectivity index (χ0) is 16.3. The van der Waals surface area contributed by atoms with Crippen molar-refractivity contribution in [1.82, 2.24) is 9.78 Å². The molecule has 0 aliphatic heterocycles. The molecule has 0 aliphatic carbocycles. The maximum atomic E-state index is 10.8. The van der Waals surface area contributed by atoms with Gasteiger partial charge >= 0.3 is 11.6 Å². The van der Waals surface area contributed by atoms with Crippen LogP contribution in [0.4, 0.5) is 5.69 Å². The Balaban J connectivity index is 2.68. The van der Waals surface area contributed by atoms with Gasteiger partial charge in [0.05, 0.1) is 16.1 Å². The fraction of sp³-hybridized carbons (Fsp3) is 0.700. The lowest BCUT2D eigenvalue weighted by Crippen LogP contribution is -2.22. The van der Waals surface area contributed by atoms with Crippen LogP contribution in [0.15, 0.2) is 6.20 Å². The minimum absolute atomic E-state index is 0.00960. The molecule has 7 nitrogen and oxygen atoms in total. The molecule has 0 unspecified atom stereocenters. The molecule has 0 atom stereocenters. The normalized spacial score (nSPS) is 14.7. The molecule has 1 rings (SSSR count). The van der Waals surface area contributed by atoms with Crippen molar-refractivity contribution in [2.45, 2.75) is 32.4 Å². The van der Waals surface area contributed by atoms with E-state index in [0.29, 0.717) is 6.61 Å². The lowest BCUT2D eigenvalue weighted by molar-refractivity contribution is -0.385. The number of hydrogen-bond donors (Lipinski definition) is 0. The first kappa shape index (κ1) is 10.5. The minimum Gasteiger partial charge on any atom is -0.475 e. The third-order valence-corrected chi connectivity index (χ3v) is 3.93. The number of rotatable bonds is 7. The van der Waals surface area contributed by atoms with Crippen LogP contribution in [0.1, 0.15) is 4.11 Å². The smallest absolute Gasteiger partial charge is 0.350 e. The van der Waals surface area contributed by atoms with E-state index in [9.17, 15) is 10.1 Å². The van der Waals surface area contributed by atoms with Crippen molar-refractivity contribution in [2.24, 2.45) is 0 Å². The maximum Gasteiger partial charge on any atom is 0.350 e. The van der Waals surface area contributed by atoms with Gasteiger partial charge in [0.1, 0.15) is 12.9 Å². The van der Waals surface area contributed by atoms with Crippen molar-refractivity contribution in [1.29, 1.82) is 0 Å². The Morgan fingerprint density at radius 1 is 1.61 bits per heavy atom. The van der Waals surface area contributed by atoms with Gasteiger partial charge in [-0.05, 0) is 6.04 Å². The third-order valence-electron chi connectivity index (χ3n) is 2.22. The second-order valence-electron chi connectivity index (χ2n) is 5.07. The summed E-state index contributed by atoms with van der Waals surface area (Å²) in [5.41, 5.74) is -0.500. The highest BCUT2D eigenvalue weighted by atomic mass is 28.3. The third kappa shape index (κ3) is 4.45. The van der Waals surface area contributed by atoms with Crippen LogP contribution >= 0.6 is 0 Å². The van der Waals surface area contributed by atoms with E-state index in [1.54, 1.807) is 0 Å². The van der Waals surface area contributed by atoms with Gasteiger partial charge in [-0.25, -0.2) is 4.68 Å². The Morgan fingerprint density at radius 3 is 2.89 bits per heavy atom. The van der Waals surface area contributed by atoms with Crippen LogP contribution < -0.4 is 4.74 Å². The zero-order valence-corrected chi connectivity index (χ0v) is 11.7. The van der Waals surface area contributed by atoms with Gasteiger partial charge in [0.25, 0.3) is 0 Å². The van der Waals surface area contributed by atoms with Gasteiger partial charge in [-0.2, -0.15) is 0 Å². The van der Waals surface area contributed by atoms with Crippen LogP contribution in [0, 0.1) is 10.1 Å². The van der Waals surface area contributed by atoms with Crippen LogP contribution in [0.2, 0.25) is 25.7 Å². The van der Waals surface area contributed by atoms with E-state index in [1.165, 1.54) is 0 Å². The van der Waals surface area contributed by atoms with Gasteiger partial charge in [-0.1, -0.05) is 19.6 Å². The Bertz CT molecular complexity index is 499. The highest BCUT2D eigenvalue weighted by Gasteiger charge is 2.20. The summed E-state index contributed by atoms with van der Waals surface area (Å²) < 4.78 is 32.0. The highest BCUT2D eigenvalue weighted by Crippen LogP contribution is 2.23. The van der Waals surface area contributed by atoms with Crippen molar-refractivity contribution >= 4 is 13.8 Å². The first-order valence-corrected chi connectivity index (χ1v) is 9.17. The van der Waals surface area contributed by atoms with E-state index < -0.39 is 31.6 Å². The number of hydrogen-bond acceptors (Lipinski definition) is 5. The van der Waals surface area contributed by atoms with E-state index >= 15 is 0 Å². The molecule has 0 aromatic carbocycles. The first-order chi connectivity index (χ1) is 9.48. The summed E-state index contributed by atoms with van der Waals surface area (Å²) >= 11 is 0. The van der Waals surface area contributed by atoms with Crippen LogP contribution in [0.5, 0.6) is 5.88 Å². The van der Waals surface area contributed by atoms with Crippen LogP contribution in [-0.4, -0.2) is 36.4 Å². The van der Waals surface area contributed by atoms with Gasteiger partial charge in [-0.15, -0.1) is 5.10 Å². The topological polar surface area (TPSA) is 79.4 Å². The van der Waals surface area contributed by atoms with Gasteiger partial charge in [0.2, 0.25) is 0 Å². The molecule has 18 heavy (non-hydrogen) atoms. The van der Waals surface area contributed by atoms with Crippen molar-refractivity contribution < 1.29 is 18.5 Å². The molecule has 0 bridgehead atoms. The number of nitrogens with zero attached hydrogens (tertiary/aromatic N) is 3. The fourth-order valence-corrected chi connectivity index (χ4v) is 1.95. The highest BCUT2D eigenvalue weighted by molar-refractivity contribution is 6.76. The van der Waals surface area contributed by atoms with E-state index in [1.807, 2.05) is 0 Å². The summed E-state index contributed by atoms with van der Waals surface area (Å²) in [5.74, 6) is -0.534. The van der Waals surface area contributed by atoms with E-state index in [4.69, 9.17) is 8.85 Å². The molecule has 0 N–H and O–H groups in total. The van der Waals surface area contributed by atoms with Gasteiger partial charge < -0.3 is 9.47 Å². The second-order valence-corrected chi connectivity index (χ2v) is 10.7. The lowest BCUT2D eigenvalue weighted by atomic mass is 10.6. The van der Waals surface area contributed by atoms with Crippen LogP contribution in [-0.2, 0) is 11.5 Å². The predicted octanol–water partition coefficient (Wildman–Crippen LogP) is 2.11. The molecular formula is C10H19N3O4Si. The Labute approximate surface area is 111 Å². The Hall–Kier alpha value is -1.41. The molecule has 1 heterocycles. The maximum absolute atomic E-state index is 10.8. The molecule has 1 aromatic heterocycles. The van der Waals surface area contributed by atoms with E-state index in [2.05, 4.69) is 29.5 Å². The lowest BCUT2D eigenvalue weighted by Gasteiger charge is -2.15. The van der Waals surface area contributed by atoms with Gasteiger partial charge in [0, 0.05) is 14.7 Å². The quantitative estimate of drug-likeness (QED) is 0.330. The minimum atomic E-state index is -2.79. The molecule has 102 valence electrons. The first-order valence-electron chi connectivity index (χ1n) is 6.96.